The molecule has 2 fully saturated rings. The van der Waals surface area contributed by atoms with E-state index in [0.717, 1.165) is 12.8 Å². The maximum Gasteiger partial charge on any atom is 0.267 e. The van der Waals surface area contributed by atoms with Crippen molar-refractivity contribution < 1.29 is 18.3 Å². The third-order valence-electron chi connectivity index (χ3n) is 5.22. The lowest BCUT2D eigenvalue weighted by Crippen LogP contribution is -2.50. The molecule has 7 nitrogen and oxygen atoms in total. The monoisotopic (exact) mass is 341 g/mol. The molecular weight excluding hydrogens is 318 g/mol. The molecular formula is C15H23N3O4S. The smallest absolute Gasteiger partial charge is 0.267 e. The summed E-state index contributed by atoms with van der Waals surface area (Å²) in [5, 5.41) is 12.9. The molecule has 1 aromatic rings. The zero-order valence-electron chi connectivity index (χ0n) is 13.4. The van der Waals surface area contributed by atoms with Gasteiger partial charge in [-0.05, 0) is 25.3 Å². The van der Waals surface area contributed by atoms with E-state index in [1.165, 1.54) is 28.2 Å². The Morgan fingerprint density at radius 3 is 2.65 bits per heavy atom. The number of aliphatic hydroxyl groups excluding tert-OH is 1. The van der Waals surface area contributed by atoms with E-state index in [0.29, 0.717) is 31.5 Å². The summed E-state index contributed by atoms with van der Waals surface area (Å²) >= 11 is 0. The first-order valence-corrected chi connectivity index (χ1v) is 9.36. The van der Waals surface area contributed by atoms with Gasteiger partial charge in [-0.3, -0.25) is 4.79 Å². The van der Waals surface area contributed by atoms with Crippen LogP contribution >= 0.6 is 0 Å². The molecule has 1 saturated carbocycles. The molecule has 2 aliphatic rings. The minimum atomic E-state index is -3.73. The fourth-order valence-corrected chi connectivity index (χ4v) is 5.92. The number of hydrogen-bond acceptors (Lipinski definition) is 4. The van der Waals surface area contributed by atoms with Gasteiger partial charge in [0, 0.05) is 26.8 Å². The summed E-state index contributed by atoms with van der Waals surface area (Å²) in [4.78, 5) is 11.9. The summed E-state index contributed by atoms with van der Waals surface area (Å²) in [6.45, 7) is 0.327. The SMILES string of the molecule is CNC(=O)c1cc(S(=O)(=O)N2CCC(O)C23CCCC3)cn1C. The van der Waals surface area contributed by atoms with Crippen LogP contribution in [0.15, 0.2) is 17.2 Å². The molecule has 128 valence electrons. The predicted octanol–water partition coefficient (Wildman–Crippen LogP) is 0.453. The first kappa shape index (κ1) is 16.5. The van der Waals surface area contributed by atoms with Crippen molar-refractivity contribution in [2.75, 3.05) is 13.6 Å². The molecule has 1 aliphatic carbocycles. The molecule has 2 N–H and O–H groups in total. The quantitative estimate of drug-likeness (QED) is 0.835. The van der Waals surface area contributed by atoms with Crippen LogP contribution in [0.4, 0.5) is 0 Å². The van der Waals surface area contributed by atoms with Gasteiger partial charge < -0.3 is 15.0 Å². The van der Waals surface area contributed by atoms with Crippen LogP contribution < -0.4 is 5.32 Å². The fraction of sp³-hybridized carbons (Fsp3) is 0.667. The molecule has 0 aromatic carbocycles. The van der Waals surface area contributed by atoms with Crippen molar-refractivity contribution in [2.24, 2.45) is 7.05 Å². The van der Waals surface area contributed by atoms with Gasteiger partial charge in [-0.25, -0.2) is 8.42 Å². The van der Waals surface area contributed by atoms with E-state index in [1.54, 1.807) is 7.05 Å². The summed E-state index contributed by atoms with van der Waals surface area (Å²) in [7, 11) is -0.580. The predicted molar refractivity (Wildman–Crippen MR) is 84.5 cm³/mol. The number of nitrogens with zero attached hydrogens (tertiary/aromatic N) is 2. The Bertz CT molecular complexity index is 719. The Morgan fingerprint density at radius 2 is 2.04 bits per heavy atom. The second-order valence-electron chi connectivity index (χ2n) is 6.44. The van der Waals surface area contributed by atoms with Gasteiger partial charge in [0.25, 0.3) is 5.91 Å². The van der Waals surface area contributed by atoms with Gasteiger partial charge in [0.05, 0.1) is 11.6 Å². The lowest BCUT2D eigenvalue weighted by atomic mass is 9.93. The molecule has 2 heterocycles. The minimum absolute atomic E-state index is 0.110. The molecule has 1 spiro atoms. The molecule has 0 radical (unpaired) electrons. The lowest BCUT2D eigenvalue weighted by molar-refractivity contribution is 0.0688. The van der Waals surface area contributed by atoms with Crippen LogP contribution in [0, 0.1) is 0 Å². The van der Waals surface area contributed by atoms with Crippen molar-refractivity contribution in [3.05, 3.63) is 18.0 Å². The molecule has 8 heteroatoms. The Kier molecular flexibility index (Phi) is 4.02. The van der Waals surface area contributed by atoms with E-state index in [9.17, 15) is 18.3 Å². The number of aryl methyl sites for hydroxylation is 1. The van der Waals surface area contributed by atoms with Crippen molar-refractivity contribution in [2.45, 2.75) is 48.6 Å². The maximum atomic E-state index is 13.1. The average Bonchev–Trinajstić information content (AvgIpc) is 3.21. The van der Waals surface area contributed by atoms with Gasteiger partial charge in [-0.2, -0.15) is 4.31 Å². The molecule has 3 rings (SSSR count). The van der Waals surface area contributed by atoms with Crippen LogP contribution in [0.2, 0.25) is 0 Å². The summed E-state index contributed by atoms with van der Waals surface area (Å²) in [5.41, 5.74) is -0.367. The standard InChI is InChI=1S/C15H23N3O4S/c1-16-14(20)12-9-11(10-17(12)2)23(21,22)18-8-5-13(19)15(18)6-3-4-7-15/h9-10,13,19H,3-8H2,1-2H3,(H,16,20). The molecule has 1 amide bonds. The molecule has 1 unspecified atom stereocenters. The van der Waals surface area contributed by atoms with E-state index in [-0.39, 0.29) is 10.8 Å². The fourth-order valence-electron chi connectivity index (χ4n) is 3.98. The van der Waals surface area contributed by atoms with Gasteiger partial charge in [-0.1, -0.05) is 12.8 Å². The average molecular weight is 341 g/mol. The van der Waals surface area contributed by atoms with Gasteiger partial charge in [0.2, 0.25) is 10.0 Å². The number of sulfonamides is 1. The lowest BCUT2D eigenvalue weighted by Gasteiger charge is -2.36. The van der Waals surface area contributed by atoms with E-state index < -0.39 is 21.7 Å². The number of nitrogens with one attached hydrogen (secondary N) is 1. The van der Waals surface area contributed by atoms with Crippen LogP contribution in [0.1, 0.15) is 42.6 Å². The highest BCUT2D eigenvalue weighted by atomic mass is 32.2. The van der Waals surface area contributed by atoms with Gasteiger partial charge in [-0.15, -0.1) is 0 Å². The van der Waals surface area contributed by atoms with Crippen molar-refractivity contribution in [3.63, 3.8) is 0 Å². The molecule has 1 aromatic heterocycles. The van der Waals surface area contributed by atoms with Gasteiger partial charge >= 0.3 is 0 Å². The highest BCUT2D eigenvalue weighted by Crippen LogP contribution is 2.46. The second-order valence-corrected chi connectivity index (χ2v) is 8.31. The van der Waals surface area contributed by atoms with Gasteiger partial charge in [0.15, 0.2) is 0 Å². The van der Waals surface area contributed by atoms with E-state index in [4.69, 9.17) is 0 Å². The minimum Gasteiger partial charge on any atom is -0.391 e. The zero-order chi connectivity index (χ0) is 16.8. The van der Waals surface area contributed by atoms with Crippen LogP contribution in [0.3, 0.4) is 0 Å². The third kappa shape index (κ3) is 2.40. The van der Waals surface area contributed by atoms with E-state index in [2.05, 4.69) is 5.32 Å². The van der Waals surface area contributed by atoms with Crippen molar-refractivity contribution in [1.29, 1.82) is 0 Å². The maximum absolute atomic E-state index is 13.1. The number of amides is 1. The molecule has 1 atom stereocenters. The normalized spacial score (nSPS) is 24.4. The first-order chi connectivity index (χ1) is 10.8. The number of aromatic nitrogens is 1. The topological polar surface area (TPSA) is 91.6 Å². The van der Waals surface area contributed by atoms with Gasteiger partial charge in [0.1, 0.15) is 10.6 Å². The molecule has 1 aliphatic heterocycles. The number of rotatable bonds is 3. The summed E-state index contributed by atoms with van der Waals surface area (Å²) < 4.78 is 29.2. The van der Waals surface area contributed by atoms with Crippen molar-refractivity contribution in [1.82, 2.24) is 14.2 Å². The Balaban J connectivity index is 2.00. The van der Waals surface area contributed by atoms with Crippen molar-refractivity contribution in [3.8, 4) is 0 Å². The molecule has 1 saturated heterocycles. The van der Waals surface area contributed by atoms with Crippen LogP contribution in [0.5, 0.6) is 0 Å². The Labute approximate surface area is 136 Å². The highest BCUT2D eigenvalue weighted by molar-refractivity contribution is 7.89. The van der Waals surface area contributed by atoms with Crippen LogP contribution in [0.25, 0.3) is 0 Å². The van der Waals surface area contributed by atoms with Crippen LogP contribution in [-0.4, -0.2) is 53.5 Å². The molecule has 0 bridgehead atoms. The summed E-state index contributed by atoms with van der Waals surface area (Å²) in [6.07, 6.45) is 4.58. The second kappa shape index (κ2) is 5.61. The number of aliphatic hydroxyl groups is 1. The molecule has 23 heavy (non-hydrogen) atoms. The Hall–Kier alpha value is -1.38. The Morgan fingerprint density at radius 1 is 1.39 bits per heavy atom. The summed E-state index contributed by atoms with van der Waals surface area (Å²) in [5.74, 6) is -0.328. The summed E-state index contributed by atoms with van der Waals surface area (Å²) in [6, 6.07) is 1.40. The third-order valence-corrected chi connectivity index (χ3v) is 7.16. The van der Waals surface area contributed by atoms with E-state index in [1.807, 2.05) is 0 Å². The number of carbonyl (C=O) groups is 1. The van der Waals surface area contributed by atoms with Crippen LogP contribution in [-0.2, 0) is 17.1 Å². The van der Waals surface area contributed by atoms with E-state index >= 15 is 0 Å². The zero-order valence-corrected chi connectivity index (χ0v) is 14.3. The number of hydrogen-bond donors (Lipinski definition) is 2. The largest absolute Gasteiger partial charge is 0.391 e. The van der Waals surface area contributed by atoms with Crippen molar-refractivity contribution >= 4 is 15.9 Å². The number of carbonyl (C=O) groups excluding carboxylic acids is 1. The first-order valence-electron chi connectivity index (χ1n) is 7.92. The highest BCUT2D eigenvalue weighted by Gasteiger charge is 2.54.